The molecule has 0 N–H and O–H groups in total. The third-order valence-electron chi connectivity index (χ3n) is 4.77. The van der Waals surface area contributed by atoms with Crippen molar-refractivity contribution in [3.05, 3.63) is 36.8 Å². The summed E-state index contributed by atoms with van der Waals surface area (Å²) < 4.78 is 24.1. The van der Waals surface area contributed by atoms with Gasteiger partial charge in [-0.05, 0) is 18.2 Å². The molecule has 0 saturated carbocycles. The molecule has 152 valence electrons. The molecule has 9 nitrogen and oxygen atoms in total. The molecule has 0 atom stereocenters. The van der Waals surface area contributed by atoms with Crippen molar-refractivity contribution in [2.45, 2.75) is 0 Å². The number of rotatable bonds is 5. The number of hydrogen-bond donors (Lipinski definition) is 0. The lowest BCUT2D eigenvalue weighted by Gasteiger charge is -2.34. The van der Waals surface area contributed by atoms with Crippen molar-refractivity contribution < 1.29 is 18.7 Å². The highest BCUT2D eigenvalue weighted by Gasteiger charge is 2.23. The molecule has 1 saturated heterocycles. The number of hydrogen-bond acceptors (Lipinski definition) is 7. The van der Waals surface area contributed by atoms with Crippen molar-refractivity contribution in [3.8, 4) is 17.0 Å². The Morgan fingerprint density at radius 2 is 2.03 bits per heavy atom. The minimum atomic E-state index is -0.676. The Bertz CT molecular complexity index is 1000. The standard InChI is InChI=1S/C19H21FN6O3/c1-28-18-14(3-2-6-21-18)15-13-22-26-7-4-16(23-17(15)26)24-8-10-25(11-9-24)19(27)29-12-5-20/h2-4,6-7,13H,5,8-12H2,1H3. The van der Waals surface area contributed by atoms with Gasteiger partial charge in [0.25, 0.3) is 0 Å². The van der Waals surface area contributed by atoms with Crippen LogP contribution < -0.4 is 9.64 Å². The van der Waals surface area contributed by atoms with E-state index in [0.29, 0.717) is 37.7 Å². The lowest BCUT2D eigenvalue weighted by molar-refractivity contribution is 0.0943. The van der Waals surface area contributed by atoms with Crippen LogP contribution in [0.1, 0.15) is 0 Å². The summed E-state index contributed by atoms with van der Waals surface area (Å²) in [5, 5.41) is 4.37. The number of piperazine rings is 1. The summed E-state index contributed by atoms with van der Waals surface area (Å²) in [6.45, 7) is 1.30. The monoisotopic (exact) mass is 400 g/mol. The second-order valence-electron chi connectivity index (χ2n) is 6.45. The number of ether oxygens (including phenoxy) is 2. The molecule has 0 bridgehead atoms. The molecular weight excluding hydrogens is 379 g/mol. The van der Waals surface area contributed by atoms with E-state index in [-0.39, 0.29) is 6.61 Å². The van der Waals surface area contributed by atoms with E-state index in [0.717, 1.165) is 16.9 Å². The lowest BCUT2D eigenvalue weighted by Crippen LogP contribution is -2.49. The van der Waals surface area contributed by atoms with Gasteiger partial charge in [-0.25, -0.2) is 23.7 Å². The number of fused-ring (bicyclic) bond motifs is 1. The first-order chi connectivity index (χ1) is 14.2. The van der Waals surface area contributed by atoms with E-state index in [1.54, 1.807) is 28.9 Å². The number of methoxy groups -OCH3 is 1. The molecule has 0 spiro atoms. The molecular formula is C19H21FN6O3. The minimum absolute atomic E-state index is 0.209. The summed E-state index contributed by atoms with van der Waals surface area (Å²) in [6, 6.07) is 5.65. The molecule has 1 amide bonds. The third kappa shape index (κ3) is 3.78. The summed E-state index contributed by atoms with van der Waals surface area (Å²) in [4.78, 5) is 24.6. The fourth-order valence-electron chi connectivity index (χ4n) is 3.32. The van der Waals surface area contributed by atoms with Crippen LogP contribution in [0, 0.1) is 0 Å². The van der Waals surface area contributed by atoms with Gasteiger partial charge in [-0.2, -0.15) is 5.10 Å². The van der Waals surface area contributed by atoms with Gasteiger partial charge in [0.15, 0.2) is 5.65 Å². The topological polar surface area (TPSA) is 85.1 Å². The van der Waals surface area contributed by atoms with Crippen molar-refractivity contribution in [3.63, 3.8) is 0 Å². The predicted octanol–water partition coefficient (Wildman–Crippen LogP) is 2.03. The van der Waals surface area contributed by atoms with Gasteiger partial charge in [-0.3, -0.25) is 0 Å². The Kier molecular flexibility index (Phi) is 5.41. The molecule has 1 aliphatic rings. The van der Waals surface area contributed by atoms with Crippen LogP contribution in [0.15, 0.2) is 36.8 Å². The normalized spacial score (nSPS) is 14.3. The van der Waals surface area contributed by atoms with Crippen LogP contribution in [0.4, 0.5) is 15.0 Å². The fraction of sp³-hybridized carbons (Fsp3) is 0.368. The summed E-state index contributed by atoms with van der Waals surface area (Å²) in [5.41, 5.74) is 2.33. The predicted molar refractivity (Wildman–Crippen MR) is 104 cm³/mol. The van der Waals surface area contributed by atoms with Crippen molar-refractivity contribution in [1.29, 1.82) is 0 Å². The highest BCUT2D eigenvalue weighted by molar-refractivity contribution is 5.80. The van der Waals surface area contributed by atoms with E-state index in [4.69, 9.17) is 14.5 Å². The van der Waals surface area contributed by atoms with Gasteiger partial charge in [0.2, 0.25) is 5.88 Å². The zero-order valence-electron chi connectivity index (χ0n) is 16.0. The van der Waals surface area contributed by atoms with Gasteiger partial charge >= 0.3 is 6.09 Å². The smallest absolute Gasteiger partial charge is 0.409 e. The second-order valence-corrected chi connectivity index (χ2v) is 6.45. The van der Waals surface area contributed by atoms with Crippen LogP contribution in [-0.2, 0) is 4.74 Å². The zero-order chi connectivity index (χ0) is 20.2. The molecule has 4 rings (SSSR count). The van der Waals surface area contributed by atoms with Crippen molar-refractivity contribution in [1.82, 2.24) is 24.5 Å². The Morgan fingerprint density at radius 1 is 1.21 bits per heavy atom. The van der Waals surface area contributed by atoms with Crippen LogP contribution in [0.2, 0.25) is 0 Å². The number of carbonyl (C=O) groups excluding carboxylic acids is 1. The largest absolute Gasteiger partial charge is 0.481 e. The summed E-state index contributed by atoms with van der Waals surface area (Å²) in [6.07, 6.45) is 4.79. The first-order valence-corrected chi connectivity index (χ1v) is 9.27. The average Bonchev–Trinajstić information content (AvgIpc) is 3.20. The molecule has 1 fully saturated rings. The molecule has 3 aromatic rings. The molecule has 0 radical (unpaired) electrons. The lowest BCUT2D eigenvalue weighted by atomic mass is 10.1. The van der Waals surface area contributed by atoms with E-state index >= 15 is 0 Å². The fourth-order valence-corrected chi connectivity index (χ4v) is 3.32. The zero-order valence-corrected chi connectivity index (χ0v) is 16.0. The number of pyridine rings is 1. The van der Waals surface area contributed by atoms with Crippen molar-refractivity contribution >= 4 is 17.6 Å². The quantitative estimate of drug-likeness (QED) is 0.648. The third-order valence-corrected chi connectivity index (χ3v) is 4.77. The SMILES string of the molecule is COc1ncccc1-c1cnn2ccc(N3CCN(C(=O)OCCF)CC3)nc12. The van der Waals surface area contributed by atoms with E-state index < -0.39 is 12.8 Å². The Labute approximate surface area is 166 Å². The molecule has 1 aliphatic heterocycles. The van der Waals surface area contributed by atoms with E-state index in [1.165, 1.54) is 0 Å². The number of alkyl halides is 1. The molecule has 0 aromatic carbocycles. The van der Waals surface area contributed by atoms with E-state index in [9.17, 15) is 9.18 Å². The molecule has 0 aliphatic carbocycles. The van der Waals surface area contributed by atoms with E-state index in [2.05, 4.69) is 15.0 Å². The highest BCUT2D eigenvalue weighted by atomic mass is 19.1. The first-order valence-electron chi connectivity index (χ1n) is 9.27. The number of carbonyl (C=O) groups is 1. The minimum Gasteiger partial charge on any atom is -0.481 e. The van der Waals surface area contributed by atoms with Crippen LogP contribution in [0.25, 0.3) is 16.8 Å². The first kappa shape index (κ1) is 18.9. The Hall–Kier alpha value is -3.43. The highest BCUT2D eigenvalue weighted by Crippen LogP contribution is 2.31. The van der Waals surface area contributed by atoms with Crippen LogP contribution in [0.3, 0.4) is 0 Å². The summed E-state index contributed by atoms with van der Waals surface area (Å²) >= 11 is 0. The summed E-state index contributed by atoms with van der Waals surface area (Å²) in [7, 11) is 1.58. The van der Waals surface area contributed by atoms with Gasteiger partial charge in [-0.15, -0.1) is 0 Å². The number of anilines is 1. The number of nitrogens with zero attached hydrogens (tertiary/aromatic N) is 6. The number of amides is 1. The van der Waals surface area contributed by atoms with Gasteiger partial charge in [0.1, 0.15) is 19.1 Å². The van der Waals surface area contributed by atoms with Crippen LogP contribution in [-0.4, -0.2) is 77.1 Å². The van der Waals surface area contributed by atoms with Gasteiger partial charge < -0.3 is 19.3 Å². The molecule has 3 aromatic heterocycles. The van der Waals surface area contributed by atoms with Gasteiger partial charge in [0, 0.05) is 44.1 Å². The maximum atomic E-state index is 12.2. The summed E-state index contributed by atoms with van der Waals surface area (Å²) in [5.74, 6) is 1.30. The van der Waals surface area contributed by atoms with Crippen molar-refractivity contribution in [2.24, 2.45) is 0 Å². The van der Waals surface area contributed by atoms with Gasteiger partial charge in [0.05, 0.1) is 18.9 Å². The van der Waals surface area contributed by atoms with Crippen LogP contribution >= 0.6 is 0 Å². The molecule has 29 heavy (non-hydrogen) atoms. The molecule has 4 heterocycles. The number of halogens is 1. The Balaban J connectivity index is 1.55. The molecule has 0 unspecified atom stereocenters. The van der Waals surface area contributed by atoms with E-state index in [1.807, 2.05) is 24.4 Å². The maximum Gasteiger partial charge on any atom is 0.409 e. The second kappa shape index (κ2) is 8.29. The molecule has 10 heteroatoms. The van der Waals surface area contributed by atoms with Crippen LogP contribution in [0.5, 0.6) is 5.88 Å². The average molecular weight is 400 g/mol. The number of aromatic nitrogens is 4. The Morgan fingerprint density at radius 3 is 2.79 bits per heavy atom. The maximum absolute atomic E-state index is 12.2. The van der Waals surface area contributed by atoms with Crippen molar-refractivity contribution in [2.75, 3.05) is 51.5 Å². The van der Waals surface area contributed by atoms with Gasteiger partial charge in [-0.1, -0.05) is 0 Å².